The molecule has 25 heavy (non-hydrogen) atoms. The largest absolute Gasteiger partial charge is 0.493 e. The molecule has 0 fully saturated rings. The van der Waals surface area contributed by atoms with E-state index in [9.17, 15) is 4.79 Å². The van der Waals surface area contributed by atoms with E-state index in [0.717, 1.165) is 46.8 Å². The number of primary amides is 1. The molecule has 0 radical (unpaired) electrons. The molecule has 5 heteroatoms. The van der Waals surface area contributed by atoms with E-state index in [1.54, 1.807) is 14.2 Å². The molecular weight excluding hydrogens is 316 g/mol. The standard InChI is InChI=1S/C20H26N2O3/c1-13-14(2)17(7-6-16(13)12-20(21)23)22-10-9-15-5-8-18(24-3)19(11-15)25-4/h5-8,11,22H,9-10,12H2,1-4H3,(H2,21,23). The number of anilines is 1. The summed E-state index contributed by atoms with van der Waals surface area (Å²) >= 11 is 0. The third-order valence-corrected chi connectivity index (χ3v) is 4.44. The first-order chi connectivity index (χ1) is 12.0. The predicted octanol–water partition coefficient (Wildman–Crippen LogP) is 3.00. The van der Waals surface area contributed by atoms with Crippen LogP contribution in [0.4, 0.5) is 5.69 Å². The second-order valence-corrected chi connectivity index (χ2v) is 6.03. The van der Waals surface area contributed by atoms with Crippen LogP contribution in [-0.2, 0) is 17.6 Å². The fraction of sp³-hybridized carbons (Fsp3) is 0.350. The summed E-state index contributed by atoms with van der Waals surface area (Å²) in [6.45, 7) is 4.87. The van der Waals surface area contributed by atoms with Crippen molar-refractivity contribution in [3.05, 3.63) is 52.6 Å². The van der Waals surface area contributed by atoms with Crippen LogP contribution in [0.5, 0.6) is 11.5 Å². The first kappa shape index (κ1) is 18.6. The molecule has 1 amide bonds. The van der Waals surface area contributed by atoms with Crippen molar-refractivity contribution in [3.63, 3.8) is 0 Å². The van der Waals surface area contributed by atoms with Crippen LogP contribution in [0, 0.1) is 13.8 Å². The topological polar surface area (TPSA) is 73.6 Å². The minimum atomic E-state index is -0.309. The lowest BCUT2D eigenvalue weighted by molar-refractivity contribution is -0.117. The smallest absolute Gasteiger partial charge is 0.221 e. The minimum absolute atomic E-state index is 0.276. The van der Waals surface area contributed by atoms with Crippen LogP contribution in [0.1, 0.15) is 22.3 Å². The highest BCUT2D eigenvalue weighted by Gasteiger charge is 2.09. The number of methoxy groups -OCH3 is 2. The molecule has 3 N–H and O–H groups in total. The van der Waals surface area contributed by atoms with Gasteiger partial charge >= 0.3 is 0 Å². The monoisotopic (exact) mass is 342 g/mol. The van der Waals surface area contributed by atoms with Gasteiger partial charge in [0.25, 0.3) is 0 Å². The normalized spacial score (nSPS) is 10.4. The van der Waals surface area contributed by atoms with Gasteiger partial charge in [-0.2, -0.15) is 0 Å². The number of carbonyl (C=O) groups excluding carboxylic acids is 1. The van der Waals surface area contributed by atoms with Crippen molar-refractivity contribution in [2.75, 3.05) is 26.1 Å². The number of amides is 1. The molecule has 0 aromatic heterocycles. The number of hydrogen-bond acceptors (Lipinski definition) is 4. The Hall–Kier alpha value is -2.69. The number of hydrogen-bond donors (Lipinski definition) is 2. The van der Waals surface area contributed by atoms with Gasteiger partial charge in [0.1, 0.15) is 0 Å². The fourth-order valence-electron chi connectivity index (χ4n) is 2.83. The Kier molecular flexibility index (Phi) is 6.28. The van der Waals surface area contributed by atoms with Gasteiger partial charge < -0.3 is 20.5 Å². The predicted molar refractivity (Wildman–Crippen MR) is 101 cm³/mol. The van der Waals surface area contributed by atoms with Crippen LogP contribution >= 0.6 is 0 Å². The highest BCUT2D eigenvalue weighted by molar-refractivity contribution is 5.77. The number of benzene rings is 2. The van der Waals surface area contributed by atoms with Crippen molar-refractivity contribution < 1.29 is 14.3 Å². The van der Waals surface area contributed by atoms with Crippen LogP contribution in [-0.4, -0.2) is 26.7 Å². The first-order valence-corrected chi connectivity index (χ1v) is 8.28. The molecule has 0 heterocycles. The Morgan fingerprint density at radius 2 is 1.76 bits per heavy atom. The molecule has 134 valence electrons. The van der Waals surface area contributed by atoms with Crippen LogP contribution in [0.25, 0.3) is 0 Å². The molecule has 0 saturated carbocycles. The molecule has 0 bridgehead atoms. The van der Waals surface area contributed by atoms with Crippen molar-refractivity contribution in [3.8, 4) is 11.5 Å². The van der Waals surface area contributed by atoms with Gasteiger partial charge in [-0.3, -0.25) is 4.79 Å². The molecule has 2 aromatic carbocycles. The van der Waals surface area contributed by atoms with Gasteiger partial charge in [0.05, 0.1) is 20.6 Å². The summed E-state index contributed by atoms with van der Waals surface area (Å²) in [6, 6.07) is 9.93. The van der Waals surface area contributed by atoms with Crippen LogP contribution in [0.3, 0.4) is 0 Å². The number of rotatable bonds is 8. The van der Waals surface area contributed by atoms with Crippen molar-refractivity contribution >= 4 is 11.6 Å². The van der Waals surface area contributed by atoms with Crippen molar-refractivity contribution in [1.29, 1.82) is 0 Å². The maximum atomic E-state index is 11.1. The zero-order valence-electron chi connectivity index (χ0n) is 15.3. The van der Waals surface area contributed by atoms with Gasteiger partial charge in [-0.15, -0.1) is 0 Å². The van der Waals surface area contributed by atoms with Gasteiger partial charge in [0, 0.05) is 12.2 Å². The molecule has 0 saturated heterocycles. The summed E-state index contributed by atoms with van der Waals surface area (Å²) in [7, 11) is 3.27. The zero-order chi connectivity index (χ0) is 18.4. The Balaban J connectivity index is 2.02. The van der Waals surface area contributed by atoms with Gasteiger partial charge in [-0.05, 0) is 60.7 Å². The lowest BCUT2D eigenvalue weighted by Crippen LogP contribution is -2.15. The van der Waals surface area contributed by atoms with E-state index >= 15 is 0 Å². The summed E-state index contributed by atoms with van der Waals surface area (Å²) in [5.41, 5.74) is 10.8. The third-order valence-electron chi connectivity index (χ3n) is 4.44. The maximum absolute atomic E-state index is 11.1. The highest BCUT2D eigenvalue weighted by atomic mass is 16.5. The summed E-state index contributed by atoms with van der Waals surface area (Å²) in [5, 5.41) is 3.46. The second-order valence-electron chi connectivity index (χ2n) is 6.03. The molecule has 0 unspecified atom stereocenters. The molecular formula is C20H26N2O3. The SMILES string of the molecule is COc1ccc(CCNc2ccc(CC(N)=O)c(C)c2C)cc1OC. The molecule has 2 aromatic rings. The van der Waals surface area contributed by atoms with E-state index in [1.807, 2.05) is 37.3 Å². The van der Waals surface area contributed by atoms with Crippen molar-refractivity contribution in [2.45, 2.75) is 26.7 Å². The van der Waals surface area contributed by atoms with Gasteiger partial charge in [0.2, 0.25) is 5.91 Å². The molecule has 0 aliphatic carbocycles. The number of nitrogens with two attached hydrogens (primary N) is 1. The van der Waals surface area contributed by atoms with Crippen LogP contribution in [0.2, 0.25) is 0 Å². The molecule has 0 aliphatic rings. The van der Waals surface area contributed by atoms with Gasteiger partial charge in [-0.25, -0.2) is 0 Å². The van der Waals surface area contributed by atoms with E-state index in [4.69, 9.17) is 15.2 Å². The minimum Gasteiger partial charge on any atom is -0.493 e. The Morgan fingerprint density at radius 3 is 2.40 bits per heavy atom. The highest BCUT2D eigenvalue weighted by Crippen LogP contribution is 2.28. The Morgan fingerprint density at radius 1 is 1.04 bits per heavy atom. The lowest BCUT2D eigenvalue weighted by Gasteiger charge is -2.15. The molecule has 2 rings (SSSR count). The number of nitrogens with one attached hydrogen (secondary N) is 1. The number of carbonyl (C=O) groups is 1. The average Bonchev–Trinajstić information content (AvgIpc) is 2.60. The van der Waals surface area contributed by atoms with Crippen molar-refractivity contribution in [2.24, 2.45) is 5.73 Å². The summed E-state index contributed by atoms with van der Waals surface area (Å²) in [4.78, 5) is 11.1. The molecule has 5 nitrogen and oxygen atoms in total. The molecule has 0 atom stereocenters. The Bertz CT molecular complexity index is 757. The van der Waals surface area contributed by atoms with Crippen LogP contribution in [0.15, 0.2) is 30.3 Å². The number of ether oxygens (including phenoxy) is 2. The zero-order valence-corrected chi connectivity index (χ0v) is 15.3. The third kappa shape index (κ3) is 4.66. The van der Waals surface area contributed by atoms with Crippen LogP contribution < -0.4 is 20.5 Å². The van der Waals surface area contributed by atoms with Crippen molar-refractivity contribution in [1.82, 2.24) is 0 Å². The summed E-state index contributed by atoms with van der Waals surface area (Å²) in [6.07, 6.45) is 1.14. The van der Waals surface area contributed by atoms with E-state index in [-0.39, 0.29) is 12.3 Å². The average molecular weight is 342 g/mol. The second kappa shape index (κ2) is 8.42. The molecule has 0 spiro atoms. The van der Waals surface area contributed by atoms with Gasteiger partial charge in [0.15, 0.2) is 11.5 Å². The fourth-order valence-corrected chi connectivity index (χ4v) is 2.83. The first-order valence-electron chi connectivity index (χ1n) is 8.28. The Labute approximate surface area is 149 Å². The summed E-state index contributed by atoms with van der Waals surface area (Å²) < 4.78 is 10.6. The lowest BCUT2D eigenvalue weighted by atomic mass is 9.99. The van der Waals surface area contributed by atoms with E-state index in [2.05, 4.69) is 12.2 Å². The van der Waals surface area contributed by atoms with E-state index in [1.165, 1.54) is 5.56 Å². The quantitative estimate of drug-likeness (QED) is 0.773. The van der Waals surface area contributed by atoms with E-state index < -0.39 is 0 Å². The maximum Gasteiger partial charge on any atom is 0.221 e. The van der Waals surface area contributed by atoms with E-state index in [0.29, 0.717) is 0 Å². The van der Waals surface area contributed by atoms with Gasteiger partial charge in [-0.1, -0.05) is 12.1 Å². The summed E-state index contributed by atoms with van der Waals surface area (Å²) in [5.74, 6) is 1.16. The molecule has 0 aliphatic heterocycles.